The quantitative estimate of drug-likeness (QED) is 0.773. The number of nitrogens with zero attached hydrogens (tertiary/aromatic N) is 1. The van der Waals surface area contributed by atoms with E-state index < -0.39 is 21.7 Å². The van der Waals surface area contributed by atoms with Gasteiger partial charge in [0.25, 0.3) is 0 Å². The van der Waals surface area contributed by atoms with Crippen LogP contribution in [0.4, 0.5) is 0 Å². The van der Waals surface area contributed by atoms with Crippen molar-refractivity contribution in [3.8, 4) is 0 Å². The molecule has 146 valence electrons. The predicted octanol–water partition coefficient (Wildman–Crippen LogP) is 1.53. The van der Waals surface area contributed by atoms with E-state index in [0.29, 0.717) is 25.8 Å². The van der Waals surface area contributed by atoms with E-state index in [2.05, 4.69) is 5.32 Å². The zero-order chi connectivity index (χ0) is 19.4. The smallest absolute Gasteiger partial charge is 0.226 e. The second-order valence-electron chi connectivity index (χ2n) is 7.44. The van der Waals surface area contributed by atoms with Gasteiger partial charge in [0, 0.05) is 19.6 Å². The molecule has 0 aromatic heterocycles. The van der Waals surface area contributed by atoms with Crippen molar-refractivity contribution in [2.24, 2.45) is 11.8 Å². The van der Waals surface area contributed by atoms with Crippen LogP contribution < -0.4 is 5.32 Å². The summed E-state index contributed by atoms with van der Waals surface area (Å²) in [6.45, 7) is 0.495. The van der Waals surface area contributed by atoms with E-state index in [1.807, 2.05) is 42.5 Å². The van der Waals surface area contributed by atoms with Crippen LogP contribution in [0.2, 0.25) is 0 Å². The van der Waals surface area contributed by atoms with Crippen LogP contribution in [0.3, 0.4) is 0 Å². The molecule has 0 saturated carbocycles. The summed E-state index contributed by atoms with van der Waals surface area (Å²) in [5, 5.41) is 2.85. The van der Waals surface area contributed by atoms with E-state index in [1.165, 1.54) is 0 Å². The van der Waals surface area contributed by atoms with Gasteiger partial charge in [0.05, 0.1) is 23.3 Å². The zero-order valence-corrected chi connectivity index (χ0v) is 16.3. The summed E-state index contributed by atoms with van der Waals surface area (Å²) >= 11 is 0. The van der Waals surface area contributed by atoms with Gasteiger partial charge in [-0.3, -0.25) is 9.59 Å². The largest absolute Gasteiger partial charge is 0.352 e. The topological polar surface area (TPSA) is 83.6 Å². The molecule has 0 unspecified atom stereocenters. The Kier molecular flexibility index (Phi) is 5.99. The fourth-order valence-electron chi connectivity index (χ4n) is 3.81. The average molecular weight is 391 g/mol. The lowest BCUT2D eigenvalue weighted by atomic mass is 9.81. The van der Waals surface area contributed by atoms with Gasteiger partial charge < -0.3 is 10.2 Å². The number of amides is 2. The zero-order valence-electron chi connectivity index (χ0n) is 15.5. The van der Waals surface area contributed by atoms with E-state index in [4.69, 9.17) is 0 Å². The average Bonchev–Trinajstić information content (AvgIpc) is 3.00. The molecule has 1 aromatic carbocycles. The van der Waals surface area contributed by atoms with Crippen LogP contribution in [0.25, 0.3) is 0 Å². The third-order valence-electron chi connectivity index (χ3n) is 5.30. The molecule has 2 aliphatic rings. The summed E-state index contributed by atoms with van der Waals surface area (Å²) in [6.07, 6.45) is 5.35. The molecule has 0 radical (unpaired) electrons. The van der Waals surface area contributed by atoms with Gasteiger partial charge in [-0.05, 0) is 24.8 Å². The Labute approximate surface area is 160 Å². The number of benzene rings is 1. The van der Waals surface area contributed by atoms with Gasteiger partial charge in [0.1, 0.15) is 0 Å². The molecular formula is C20H26N2O4S. The Morgan fingerprint density at radius 1 is 1.11 bits per heavy atom. The third kappa shape index (κ3) is 4.97. The van der Waals surface area contributed by atoms with E-state index in [-0.39, 0.29) is 29.4 Å². The Hall–Kier alpha value is -2.15. The van der Waals surface area contributed by atoms with Gasteiger partial charge in [-0.25, -0.2) is 8.42 Å². The molecule has 27 heavy (non-hydrogen) atoms. The molecule has 1 aliphatic heterocycles. The highest BCUT2D eigenvalue weighted by Crippen LogP contribution is 2.28. The van der Waals surface area contributed by atoms with Crippen molar-refractivity contribution < 1.29 is 18.0 Å². The number of hydrogen-bond acceptors (Lipinski definition) is 4. The minimum Gasteiger partial charge on any atom is -0.352 e. The molecule has 1 aromatic rings. The summed E-state index contributed by atoms with van der Waals surface area (Å²) in [7, 11) is -1.30. The highest BCUT2D eigenvalue weighted by Gasteiger charge is 2.37. The number of sulfone groups is 1. The molecule has 1 fully saturated rings. The minimum atomic E-state index is -3.05. The summed E-state index contributed by atoms with van der Waals surface area (Å²) < 4.78 is 23.2. The van der Waals surface area contributed by atoms with E-state index in [1.54, 1.807) is 11.9 Å². The molecule has 1 heterocycles. The Bertz CT molecular complexity index is 820. The Morgan fingerprint density at radius 2 is 1.78 bits per heavy atom. The molecule has 7 heteroatoms. The lowest BCUT2D eigenvalue weighted by Gasteiger charge is -2.31. The standard InChI is InChI=1S/C20H26N2O4S/c1-22(13-15-7-3-2-4-8-15)20(24)18-10-6-5-9-17(18)19(23)21-16-11-12-27(25,26)14-16/h2-8,16-18H,9-14H2,1H3,(H,21,23)/t16-,17+,18+/m0/s1. The summed E-state index contributed by atoms with van der Waals surface area (Å²) in [5.41, 5.74) is 1.04. The SMILES string of the molecule is CN(Cc1ccccc1)C(=O)[C@@H]1CC=CC[C@H]1C(=O)N[C@H]1CCS(=O)(=O)C1. The van der Waals surface area contributed by atoms with Crippen molar-refractivity contribution in [2.75, 3.05) is 18.6 Å². The maximum absolute atomic E-state index is 13.0. The van der Waals surface area contributed by atoms with Crippen LogP contribution in [0, 0.1) is 11.8 Å². The van der Waals surface area contributed by atoms with E-state index >= 15 is 0 Å². The van der Waals surface area contributed by atoms with Crippen molar-refractivity contribution in [3.63, 3.8) is 0 Å². The fourth-order valence-corrected chi connectivity index (χ4v) is 5.49. The first kappa shape index (κ1) is 19.6. The predicted molar refractivity (Wildman–Crippen MR) is 103 cm³/mol. The fraction of sp³-hybridized carbons (Fsp3) is 0.500. The summed E-state index contributed by atoms with van der Waals surface area (Å²) in [5.74, 6) is -1.03. The second-order valence-corrected chi connectivity index (χ2v) is 9.67. The highest BCUT2D eigenvalue weighted by atomic mass is 32.2. The molecule has 1 N–H and O–H groups in total. The van der Waals surface area contributed by atoms with Crippen molar-refractivity contribution >= 4 is 21.7 Å². The summed E-state index contributed by atoms with van der Waals surface area (Å²) in [6, 6.07) is 9.39. The molecule has 0 bridgehead atoms. The number of carbonyl (C=O) groups is 2. The van der Waals surface area contributed by atoms with Crippen LogP contribution in [0.15, 0.2) is 42.5 Å². The third-order valence-corrected chi connectivity index (χ3v) is 7.07. The first-order valence-electron chi connectivity index (χ1n) is 9.30. The molecular weight excluding hydrogens is 364 g/mol. The first-order valence-corrected chi connectivity index (χ1v) is 11.1. The van der Waals surface area contributed by atoms with Crippen LogP contribution >= 0.6 is 0 Å². The van der Waals surface area contributed by atoms with E-state index in [9.17, 15) is 18.0 Å². The van der Waals surface area contributed by atoms with Crippen molar-refractivity contribution in [1.82, 2.24) is 10.2 Å². The Morgan fingerprint density at radius 3 is 2.41 bits per heavy atom. The molecule has 0 spiro atoms. The van der Waals surface area contributed by atoms with E-state index in [0.717, 1.165) is 5.56 Å². The Balaban J connectivity index is 1.64. The van der Waals surface area contributed by atoms with Gasteiger partial charge in [-0.2, -0.15) is 0 Å². The van der Waals surface area contributed by atoms with Gasteiger partial charge in [0.2, 0.25) is 11.8 Å². The number of hydrogen-bond donors (Lipinski definition) is 1. The molecule has 1 saturated heterocycles. The second kappa shape index (κ2) is 8.25. The minimum absolute atomic E-state index is 0.00613. The molecule has 1 aliphatic carbocycles. The van der Waals surface area contributed by atoms with Gasteiger partial charge in [-0.1, -0.05) is 42.5 Å². The molecule has 2 amide bonds. The van der Waals surface area contributed by atoms with Crippen LogP contribution in [0.5, 0.6) is 0 Å². The van der Waals surface area contributed by atoms with Crippen LogP contribution in [-0.2, 0) is 26.0 Å². The lowest BCUT2D eigenvalue weighted by molar-refractivity contribution is -0.141. The monoisotopic (exact) mass is 390 g/mol. The van der Waals surface area contributed by atoms with Crippen LogP contribution in [0.1, 0.15) is 24.8 Å². The lowest BCUT2D eigenvalue weighted by Crippen LogP contribution is -2.46. The number of carbonyl (C=O) groups excluding carboxylic acids is 2. The molecule has 6 nitrogen and oxygen atoms in total. The van der Waals surface area contributed by atoms with Crippen molar-refractivity contribution in [1.29, 1.82) is 0 Å². The highest BCUT2D eigenvalue weighted by molar-refractivity contribution is 7.91. The normalized spacial score (nSPS) is 26.5. The number of allylic oxidation sites excluding steroid dienone is 2. The maximum Gasteiger partial charge on any atom is 0.226 e. The van der Waals surface area contributed by atoms with Crippen molar-refractivity contribution in [3.05, 3.63) is 48.0 Å². The van der Waals surface area contributed by atoms with Gasteiger partial charge in [-0.15, -0.1) is 0 Å². The van der Waals surface area contributed by atoms with Crippen molar-refractivity contribution in [2.45, 2.75) is 31.8 Å². The molecule has 3 atom stereocenters. The van der Waals surface area contributed by atoms with Gasteiger partial charge >= 0.3 is 0 Å². The molecule has 3 rings (SSSR count). The number of rotatable bonds is 5. The van der Waals surface area contributed by atoms with Gasteiger partial charge in [0.15, 0.2) is 9.84 Å². The number of nitrogens with one attached hydrogen (secondary N) is 1. The maximum atomic E-state index is 13.0. The summed E-state index contributed by atoms with van der Waals surface area (Å²) in [4.78, 5) is 27.4. The first-order chi connectivity index (χ1) is 12.9. The van der Waals surface area contributed by atoms with Crippen LogP contribution in [-0.4, -0.2) is 49.7 Å².